The summed E-state index contributed by atoms with van der Waals surface area (Å²) in [5, 5.41) is 2.79. The number of carbonyl (C=O) groups is 4. The maximum Gasteiger partial charge on any atom is 0.410 e. The Hall–Kier alpha value is -2.32. The first-order valence-electron chi connectivity index (χ1n) is 10.6. The molecule has 1 rings (SSSR count). The zero-order chi connectivity index (χ0) is 24.3. The normalized spacial score (nSPS) is 21.2. The quantitative estimate of drug-likeness (QED) is 0.656. The summed E-state index contributed by atoms with van der Waals surface area (Å²) in [6.45, 7) is 14.7. The van der Waals surface area contributed by atoms with Crippen LogP contribution in [0.4, 0.5) is 4.79 Å². The van der Waals surface area contributed by atoms with Gasteiger partial charge in [-0.15, -0.1) is 0 Å². The van der Waals surface area contributed by atoms with Crippen LogP contribution in [-0.2, 0) is 23.9 Å². The van der Waals surface area contributed by atoms with Crippen molar-refractivity contribution in [3.05, 3.63) is 0 Å². The van der Waals surface area contributed by atoms with E-state index in [4.69, 9.17) is 9.47 Å². The maximum absolute atomic E-state index is 13.4. The molecule has 178 valence electrons. The number of hydrogen-bond acceptors (Lipinski definition) is 6. The predicted molar refractivity (Wildman–Crippen MR) is 116 cm³/mol. The van der Waals surface area contributed by atoms with Crippen LogP contribution < -0.4 is 5.32 Å². The molecule has 1 saturated heterocycles. The van der Waals surface area contributed by atoms with Crippen LogP contribution in [0.25, 0.3) is 0 Å². The Morgan fingerprint density at radius 2 is 1.65 bits per heavy atom. The summed E-state index contributed by atoms with van der Waals surface area (Å²) in [5.41, 5.74) is -1.32. The average molecular weight is 442 g/mol. The molecule has 1 aliphatic rings. The van der Waals surface area contributed by atoms with Gasteiger partial charge >= 0.3 is 12.1 Å². The summed E-state index contributed by atoms with van der Waals surface area (Å²) in [6, 6.07) is -2.41. The number of rotatable bonds is 5. The van der Waals surface area contributed by atoms with Gasteiger partial charge in [-0.3, -0.25) is 14.5 Å². The molecule has 0 radical (unpaired) electrons. The third-order valence-corrected chi connectivity index (χ3v) is 5.31. The fourth-order valence-corrected chi connectivity index (χ4v) is 3.39. The van der Waals surface area contributed by atoms with E-state index in [-0.39, 0.29) is 11.8 Å². The van der Waals surface area contributed by atoms with Crippen LogP contribution in [0, 0.1) is 11.3 Å². The van der Waals surface area contributed by atoms with E-state index in [1.54, 1.807) is 27.7 Å². The van der Waals surface area contributed by atoms with Gasteiger partial charge in [0.15, 0.2) is 0 Å². The molecule has 1 N–H and O–H groups in total. The van der Waals surface area contributed by atoms with Gasteiger partial charge in [0.05, 0.1) is 7.11 Å². The number of amides is 3. The van der Waals surface area contributed by atoms with Crippen LogP contribution in [0.1, 0.15) is 61.8 Å². The van der Waals surface area contributed by atoms with Gasteiger partial charge < -0.3 is 19.7 Å². The van der Waals surface area contributed by atoms with Gasteiger partial charge in [0, 0.05) is 13.6 Å². The maximum atomic E-state index is 13.4. The highest BCUT2D eigenvalue weighted by Gasteiger charge is 2.44. The minimum Gasteiger partial charge on any atom is -0.467 e. The molecule has 1 fully saturated rings. The van der Waals surface area contributed by atoms with Gasteiger partial charge in [-0.1, -0.05) is 27.7 Å². The number of nitrogens with one attached hydrogen (secondary N) is 1. The van der Waals surface area contributed by atoms with Crippen molar-refractivity contribution in [2.24, 2.45) is 11.3 Å². The van der Waals surface area contributed by atoms with Gasteiger partial charge in [-0.05, 0) is 45.4 Å². The van der Waals surface area contributed by atoms with Crippen LogP contribution in [0.15, 0.2) is 0 Å². The molecule has 0 spiro atoms. The van der Waals surface area contributed by atoms with Crippen LogP contribution in [0.5, 0.6) is 0 Å². The lowest BCUT2D eigenvalue weighted by molar-refractivity contribution is -0.153. The van der Waals surface area contributed by atoms with E-state index in [2.05, 4.69) is 5.32 Å². The summed E-state index contributed by atoms with van der Waals surface area (Å²) >= 11 is 0. The Morgan fingerprint density at radius 1 is 1.10 bits per heavy atom. The average Bonchev–Trinajstić information content (AvgIpc) is 3.02. The zero-order valence-corrected chi connectivity index (χ0v) is 20.6. The molecule has 0 bridgehead atoms. The Kier molecular flexibility index (Phi) is 8.51. The van der Waals surface area contributed by atoms with Crippen molar-refractivity contribution in [1.82, 2.24) is 15.1 Å². The first kappa shape index (κ1) is 26.7. The molecular weight excluding hydrogens is 402 g/mol. The largest absolute Gasteiger partial charge is 0.467 e. The van der Waals surface area contributed by atoms with Crippen molar-refractivity contribution in [3.8, 4) is 0 Å². The zero-order valence-electron chi connectivity index (χ0n) is 20.6. The molecule has 4 atom stereocenters. The number of likely N-dealkylation sites (tertiary alicyclic amines) is 1. The van der Waals surface area contributed by atoms with Crippen molar-refractivity contribution in [1.29, 1.82) is 0 Å². The van der Waals surface area contributed by atoms with E-state index < -0.39 is 47.1 Å². The van der Waals surface area contributed by atoms with E-state index in [0.717, 1.165) is 0 Å². The molecule has 1 heterocycles. The van der Waals surface area contributed by atoms with Gasteiger partial charge in [-0.25, -0.2) is 9.59 Å². The number of esters is 1. The predicted octanol–water partition coefficient (Wildman–Crippen LogP) is 2.18. The Bertz CT molecular complexity index is 694. The highest BCUT2D eigenvalue weighted by atomic mass is 16.6. The number of carbonyl (C=O) groups excluding carboxylic acids is 4. The molecule has 0 aromatic rings. The van der Waals surface area contributed by atoms with E-state index in [1.807, 2.05) is 27.7 Å². The minimum atomic E-state index is -0.882. The second kappa shape index (κ2) is 9.87. The molecule has 0 aromatic carbocycles. The lowest BCUT2D eigenvalue weighted by atomic mass is 9.85. The highest BCUT2D eigenvalue weighted by Crippen LogP contribution is 2.29. The molecule has 3 amide bonds. The lowest BCUT2D eigenvalue weighted by Crippen LogP contribution is -2.59. The van der Waals surface area contributed by atoms with Crippen molar-refractivity contribution in [3.63, 3.8) is 0 Å². The monoisotopic (exact) mass is 441 g/mol. The smallest absolute Gasteiger partial charge is 0.410 e. The third-order valence-electron chi connectivity index (χ3n) is 5.31. The standard InChI is InChI=1S/C22H39N3O6/c1-13-11-15(19(28)30-10)25(12-13)18(27)16(21(3,4)5)23-17(26)14(2)24(9)20(29)31-22(6,7)8/h13-16H,11-12H2,1-10H3,(H,23,26)/t13-,14-,15-,16+/m0/s1. The summed E-state index contributed by atoms with van der Waals surface area (Å²) in [6.07, 6.45) is -0.117. The summed E-state index contributed by atoms with van der Waals surface area (Å²) in [7, 11) is 2.77. The van der Waals surface area contributed by atoms with E-state index in [0.29, 0.717) is 13.0 Å². The van der Waals surface area contributed by atoms with Crippen molar-refractivity contribution in [2.75, 3.05) is 20.7 Å². The molecule has 0 aliphatic carbocycles. The van der Waals surface area contributed by atoms with Crippen molar-refractivity contribution < 1.29 is 28.7 Å². The number of nitrogens with zero attached hydrogens (tertiary/aromatic N) is 2. The number of likely N-dealkylation sites (N-methyl/N-ethyl adjacent to an activating group) is 1. The van der Waals surface area contributed by atoms with Crippen LogP contribution >= 0.6 is 0 Å². The molecule has 31 heavy (non-hydrogen) atoms. The SMILES string of the molecule is COC(=O)[C@@H]1C[C@H](C)CN1C(=O)[C@@H](NC(=O)[C@H](C)N(C)C(=O)OC(C)(C)C)C(C)(C)C. The summed E-state index contributed by atoms with van der Waals surface area (Å²) in [5.74, 6) is -1.15. The molecule has 9 heteroatoms. The van der Waals surface area contributed by atoms with E-state index in [1.165, 1.54) is 24.0 Å². The fraction of sp³-hybridized carbons (Fsp3) is 0.818. The minimum absolute atomic E-state index is 0.140. The van der Waals surface area contributed by atoms with Crippen LogP contribution in [0.3, 0.4) is 0 Å². The van der Waals surface area contributed by atoms with Crippen molar-refractivity contribution in [2.45, 2.75) is 85.5 Å². The molecule has 0 unspecified atom stereocenters. The van der Waals surface area contributed by atoms with Gasteiger partial charge in [0.1, 0.15) is 23.7 Å². The number of hydrogen-bond donors (Lipinski definition) is 1. The van der Waals surface area contributed by atoms with Gasteiger partial charge in [0.25, 0.3) is 0 Å². The third kappa shape index (κ3) is 7.11. The highest BCUT2D eigenvalue weighted by molar-refractivity contribution is 5.93. The molecule has 1 aliphatic heterocycles. The Balaban J connectivity index is 3.03. The van der Waals surface area contributed by atoms with E-state index >= 15 is 0 Å². The molecule has 0 saturated carbocycles. The molecule has 9 nitrogen and oxygen atoms in total. The van der Waals surface area contributed by atoms with Crippen LogP contribution in [-0.4, -0.2) is 78.1 Å². The fourth-order valence-electron chi connectivity index (χ4n) is 3.39. The first-order valence-corrected chi connectivity index (χ1v) is 10.6. The second-order valence-corrected chi connectivity index (χ2v) is 10.4. The van der Waals surface area contributed by atoms with Gasteiger partial charge in [-0.2, -0.15) is 0 Å². The number of ether oxygens (including phenoxy) is 2. The lowest BCUT2D eigenvalue weighted by Gasteiger charge is -2.36. The van der Waals surface area contributed by atoms with Gasteiger partial charge in [0.2, 0.25) is 11.8 Å². The Labute approximate surface area is 185 Å². The summed E-state index contributed by atoms with van der Waals surface area (Å²) < 4.78 is 10.2. The van der Waals surface area contributed by atoms with Crippen molar-refractivity contribution >= 4 is 23.9 Å². The molecular formula is C22H39N3O6. The second-order valence-electron chi connectivity index (χ2n) is 10.4. The van der Waals surface area contributed by atoms with E-state index in [9.17, 15) is 19.2 Å². The van der Waals surface area contributed by atoms with Crippen LogP contribution in [0.2, 0.25) is 0 Å². The number of methoxy groups -OCH3 is 1. The first-order chi connectivity index (χ1) is 14.0. The summed E-state index contributed by atoms with van der Waals surface area (Å²) in [4.78, 5) is 53.6. The molecule has 0 aromatic heterocycles. The Morgan fingerprint density at radius 3 is 2.10 bits per heavy atom. The topological polar surface area (TPSA) is 105 Å².